The van der Waals surface area contributed by atoms with E-state index in [2.05, 4.69) is 12.2 Å². The molecule has 0 aromatic carbocycles. The van der Waals surface area contributed by atoms with E-state index in [0.717, 1.165) is 12.5 Å². The van der Waals surface area contributed by atoms with Crippen molar-refractivity contribution in [3.63, 3.8) is 0 Å². The summed E-state index contributed by atoms with van der Waals surface area (Å²) in [5, 5.41) is 3.48. The number of esters is 1. The van der Waals surface area contributed by atoms with E-state index in [1.807, 2.05) is 20.8 Å². The highest BCUT2D eigenvalue weighted by Crippen LogP contribution is 2.26. The van der Waals surface area contributed by atoms with Crippen LogP contribution < -0.4 is 5.32 Å². The van der Waals surface area contributed by atoms with Gasteiger partial charge in [-0.05, 0) is 52.4 Å². The van der Waals surface area contributed by atoms with Gasteiger partial charge < -0.3 is 10.1 Å². The number of nitrogens with one attached hydrogen (secondary N) is 1. The maximum atomic E-state index is 11.5. The lowest BCUT2D eigenvalue weighted by Crippen LogP contribution is -2.35. The van der Waals surface area contributed by atoms with E-state index in [1.165, 1.54) is 32.1 Å². The van der Waals surface area contributed by atoms with Crippen LogP contribution in [-0.2, 0) is 9.53 Å². The molecule has 1 N–H and O–H groups in total. The van der Waals surface area contributed by atoms with E-state index in [4.69, 9.17) is 4.74 Å². The molecule has 0 atom stereocenters. The third kappa shape index (κ3) is 6.39. The first kappa shape index (κ1) is 15.5. The average Bonchev–Trinajstić information content (AvgIpc) is 2.27. The van der Waals surface area contributed by atoms with Gasteiger partial charge in [-0.25, -0.2) is 0 Å². The Bertz CT molecular complexity index is 250. The minimum Gasteiger partial charge on any atom is -0.460 e. The zero-order valence-corrected chi connectivity index (χ0v) is 12.4. The lowest BCUT2D eigenvalue weighted by molar-refractivity contribution is -0.154. The molecule has 3 nitrogen and oxygen atoms in total. The molecule has 0 radical (unpaired) electrons. The second-order valence-electron chi connectivity index (χ2n) is 6.42. The number of carbonyl (C=O) groups excluding carboxylic acids is 1. The van der Waals surface area contributed by atoms with Crippen LogP contribution in [0.3, 0.4) is 0 Å². The van der Waals surface area contributed by atoms with Crippen LogP contribution in [0.4, 0.5) is 0 Å². The van der Waals surface area contributed by atoms with E-state index in [9.17, 15) is 4.79 Å². The van der Waals surface area contributed by atoms with Gasteiger partial charge in [-0.1, -0.05) is 13.3 Å². The number of hydrogen-bond acceptors (Lipinski definition) is 3. The van der Waals surface area contributed by atoms with Crippen LogP contribution in [0.5, 0.6) is 0 Å². The normalized spacial score (nSPS) is 24.9. The van der Waals surface area contributed by atoms with E-state index < -0.39 is 0 Å². The second kappa shape index (κ2) is 7.13. The van der Waals surface area contributed by atoms with Crippen molar-refractivity contribution in [2.45, 2.75) is 77.9 Å². The molecule has 0 bridgehead atoms. The first-order valence-electron chi connectivity index (χ1n) is 7.36. The van der Waals surface area contributed by atoms with Crippen LogP contribution in [0.1, 0.15) is 66.2 Å². The summed E-state index contributed by atoms with van der Waals surface area (Å²) in [6.07, 6.45) is 6.97. The van der Waals surface area contributed by atoms with Gasteiger partial charge in [0.2, 0.25) is 0 Å². The first-order valence-corrected chi connectivity index (χ1v) is 7.36. The van der Waals surface area contributed by atoms with Crippen molar-refractivity contribution in [2.75, 3.05) is 6.54 Å². The van der Waals surface area contributed by atoms with Gasteiger partial charge in [-0.2, -0.15) is 0 Å². The monoisotopic (exact) mass is 255 g/mol. The highest BCUT2D eigenvalue weighted by atomic mass is 16.6. The molecule has 0 spiro atoms. The molecule has 0 amide bonds. The molecule has 1 aliphatic rings. The standard InChI is InChI=1S/C15H29NO2/c1-5-12-6-8-13(9-7-12)16-11-10-14(17)18-15(2,3)4/h12-13,16H,5-11H2,1-4H3. The molecule has 0 aliphatic heterocycles. The summed E-state index contributed by atoms with van der Waals surface area (Å²) >= 11 is 0. The Morgan fingerprint density at radius 1 is 1.22 bits per heavy atom. The van der Waals surface area contributed by atoms with E-state index >= 15 is 0 Å². The fraction of sp³-hybridized carbons (Fsp3) is 0.933. The largest absolute Gasteiger partial charge is 0.460 e. The molecule has 0 aromatic rings. The smallest absolute Gasteiger partial charge is 0.307 e. The zero-order valence-electron chi connectivity index (χ0n) is 12.4. The summed E-state index contributed by atoms with van der Waals surface area (Å²) < 4.78 is 5.28. The molecule has 18 heavy (non-hydrogen) atoms. The van der Waals surface area contributed by atoms with Gasteiger partial charge in [-0.15, -0.1) is 0 Å². The zero-order chi connectivity index (χ0) is 13.6. The van der Waals surface area contributed by atoms with Crippen molar-refractivity contribution < 1.29 is 9.53 Å². The molecule has 0 unspecified atom stereocenters. The Balaban J connectivity index is 2.10. The number of ether oxygens (including phenoxy) is 1. The molecule has 3 heteroatoms. The fourth-order valence-corrected chi connectivity index (χ4v) is 2.55. The van der Waals surface area contributed by atoms with E-state index in [0.29, 0.717) is 12.5 Å². The number of carbonyl (C=O) groups is 1. The Hall–Kier alpha value is -0.570. The minimum atomic E-state index is -0.365. The molecular formula is C15H29NO2. The third-order valence-electron chi connectivity index (χ3n) is 3.61. The number of rotatable bonds is 5. The molecular weight excluding hydrogens is 226 g/mol. The van der Waals surface area contributed by atoms with E-state index in [1.54, 1.807) is 0 Å². The Labute approximate surface area is 112 Å². The van der Waals surface area contributed by atoms with Crippen LogP contribution in [0.2, 0.25) is 0 Å². The minimum absolute atomic E-state index is 0.0998. The summed E-state index contributed by atoms with van der Waals surface area (Å²) in [4.78, 5) is 11.5. The van der Waals surface area contributed by atoms with Gasteiger partial charge in [0.05, 0.1) is 6.42 Å². The van der Waals surface area contributed by atoms with Crippen LogP contribution >= 0.6 is 0 Å². The van der Waals surface area contributed by atoms with Crippen molar-refractivity contribution in [1.29, 1.82) is 0 Å². The van der Waals surface area contributed by atoms with Gasteiger partial charge in [0, 0.05) is 12.6 Å². The van der Waals surface area contributed by atoms with Gasteiger partial charge in [0.1, 0.15) is 5.60 Å². The third-order valence-corrected chi connectivity index (χ3v) is 3.61. The lowest BCUT2D eigenvalue weighted by Gasteiger charge is -2.28. The van der Waals surface area contributed by atoms with Crippen molar-refractivity contribution in [3.05, 3.63) is 0 Å². The average molecular weight is 255 g/mol. The van der Waals surface area contributed by atoms with E-state index in [-0.39, 0.29) is 11.6 Å². The highest BCUT2D eigenvalue weighted by Gasteiger charge is 2.20. The van der Waals surface area contributed by atoms with Crippen LogP contribution in [-0.4, -0.2) is 24.2 Å². The first-order chi connectivity index (χ1) is 8.40. The maximum absolute atomic E-state index is 11.5. The van der Waals surface area contributed by atoms with Crippen molar-refractivity contribution in [2.24, 2.45) is 5.92 Å². The predicted octanol–water partition coefficient (Wildman–Crippen LogP) is 3.28. The van der Waals surface area contributed by atoms with Crippen molar-refractivity contribution in [3.8, 4) is 0 Å². The van der Waals surface area contributed by atoms with Crippen molar-refractivity contribution >= 4 is 5.97 Å². The predicted molar refractivity (Wildman–Crippen MR) is 74.5 cm³/mol. The van der Waals surface area contributed by atoms with Crippen LogP contribution in [0.25, 0.3) is 0 Å². The molecule has 0 saturated heterocycles. The Morgan fingerprint density at radius 2 is 1.83 bits per heavy atom. The molecule has 1 rings (SSSR count). The Kier molecular flexibility index (Phi) is 6.13. The van der Waals surface area contributed by atoms with Gasteiger partial charge in [-0.3, -0.25) is 4.79 Å². The fourth-order valence-electron chi connectivity index (χ4n) is 2.55. The summed E-state index contributed by atoms with van der Waals surface area (Å²) in [7, 11) is 0. The van der Waals surface area contributed by atoms with Crippen LogP contribution in [0, 0.1) is 5.92 Å². The molecule has 106 valence electrons. The Morgan fingerprint density at radius 3 is 2.33 bits per heavy atom. The molecule has 0 aromatic heterocycles. The summed E-state index contributed by atoms with van der Waals surface area (Å²) in [6.45, 7) is 8.75. The lowest BCUT2D eigenvalue weighted by atomic mass is 9.84. The highest BCUT2D eigenvalue weighted by molar-refractivity contribution is 5.70. The SMILES string of the molecule is CCC1CCC(NCCC(=O)OC(C)(C)C)CC1. The molecule has 1 saturated carbocycles. The van der Waals surface area contributed by atoms with Gasteiger partial charge in [0.15, 0.2) is 0 Å². The second-order valence-corrected chi connectivity index (χ2v) is 6.42. The maximum Gasteiger partial charge on any atom is 0.307 e. The topological polar surface area (TPSA) is 38.3 Å². The van der Waals surface area contributed by atoms with Crippen molar-refractivity contribution in [1.82, 2.24) is 5.32 Å². The molecule has 0 heterocycles. The van der Waals surface area contributed by atoms with Crippen LogP contribution in [0.15, 0.2) is 0 Å². The molecule has 1 aliphatic carbocycles. The summed E-state index contributed by atoms with van der Waals surface area (Å²) in [5.41, 5.74) is -0.365. The number of hydrogen-bond donors (Lipinski definition) is 1. The van der Waals surface area contributed by atoms with Gasteiger partial charge in [0.25, 0.3) is 0 Å². The van der Waals surface area contributed by atoms with Gasteiger partial charge >= 0.3 is 5.97 Å². The summed E-state index contributed by atoms with van der Waals surface area (Å²) in [6, 6.07) is 0.607. The quantitative estimate of drug-likeness (QED) is 0.766. The summed E-state index contributed by atoms with van der Waals surface area (Å²) in [5.74, 6) is 0.825. The molecule has 1 fully saturated rings.